The minimum absolute atomic E-state index is 0.227. The smallest absolute Gasteiger partial charge is 0.213 e. The van der Waals surface area contributed by atoms with E-state index in [9.17, 15) is 8.42 Å². The van der Waals surface area contributed by atoms with Gasteiger partial charge in [0.2, 0.25) is 10.0 Å². The summed E-state index contributed by atoms with van der Waals surface area (Å²) in [6.45, 7) is 4.17. The molecule has 0 saturated carbocycles. The van der Waals surface area contributed by atoms with Crippen molar-refractivity contribution < 1.29 is 8.42 Å². The van der Waals surface area contributed by atoms with Gasteiger partial charge in [-0.15, -0.1) is 0 Å². The summed E-state index contributed by atoms with van der Waals surface area (Å²) in [4.78, 5) is 0. The van der Waals surface area contributed by atoms with Crippen LogP contribution in [0.25, 0.3) is 0 Å². The Morgan fingerprint density at radius 1 is 1.43 bits per heavy atom. The molecule has 2 fully saturated rings. The van der Waals surface area contributed by atoms with Crippen LogP contribution in [-0.4, -0.2) is 44.2 Å². The number of nitrogens with zero attached hydrogens (tertiary/aromatic N) is 1. The maximum Gasteiger partial charge on any atom is 0.213 e. The second-order valence-corrected chi connectivity index (χ2v) is 6.41. The highest BCUT2D eigenvalue weighted by molar-refractivity contribution is 7.89. The van der Waals surface area contributed by atoms with Crippen LogP contribution in [0, 0.1) is 5.92 Å². The minimum atomic E-state index is -2.97. The Balaban J connectivity index is 2.04. The van der Waals surface area contributed by atoms with Gasteiger partial charge in [-0.3, -0.25) is 0 Å². The van der Waals surface area contributed by atoms with E-state index >= 15 is 0 Å². The van der Waals surface area contributed by atoms with Crippen LogP contribution < -0.4 is 5.32 Å². The zero-order chi connectivity index (χ0) is 10.2. The number of hydrogen-bond donors (Lipinski definition) is 1. The van der Waals surface area contributed by atoms with Gasteiger partial charge in [0.15, 0.2) is 0 Å². The largest absolute Gasteiger partial charge is 0.312 e. The SMILES string of the molecule is CCS(=O)(=O)N1CCC2CCNC2C1. The minimum Gasteiger partial charge on any atom is -0.312 e. The summed E-state index contributed by atoms with van der Waals surface area (Å²) in [7, 11) is -2.97. The molecule has 5 heteroatoms. The van der Waals surface area contributed by atoms with Gasteiger partial charge >= 0.3 is 0 Å². The van der Waals surface area contributed by atoms with Crippen LogP contribution in [0.2, 0.25) is 0 Å². The molecule has 0 aliphatic carbocycles. The van der Waals surface area contributed by atoms with E-state index in [1.165, 1.54) is 6.42 Å². The molecule has 0 amide bonds. The van der Waals surface area contributed by atoms with Gasteiger partial charge in [-0.25, -0.2) is 12.7 Å². The van der Waals surface area contributed by atoms with Crippen molar-refractivity contribution in [3.8, 4) is 0 Å². The summed E-state index contributed by atoms with van der Waals surface area (Å²) in [5.41, 5.74) is 0. The molecule has 0 radical (unpaired) electrons. The first-order chi connectivity index (χ1) is 6.63. The van der Waals surface area contributed by atoms with Gasteiger partial charge in [-0.05, 0) is 32.2 Å². The van der Waals surface area contributed by atoms with E-state index in [1.807, 2.05) is 0 Å². The van der Waals surface area contributed by atoms with Gasteiger partial charge in [0.05, 0.1) is 5.75 Å². The molecule has 2 saturated heterocycles. The Bertz CT molecular complexity index is 302. The number of nitrogens with one attached hydrogen (secondary N) is 1. The quantitative estimate of drug-likeness (QED) is 0.711. The molecule has 4 nitrogen and oxygen atoms in total. The fourth-order valence-corrected chi connectivity index (χ4v) is 3.57. The van der Waals surface area contributed by atoms with Crippen LogP contribution in [0.15, 0.2) is 0 Å². The van der Waals surface area contributed by atoms with E-state index in [2.05, 4.69) is 5.32 Å². The molecule has 0 bridgehead atoms. The van der Waals surface area contributed by atoms with Crippen molar-refractivity contribution in [2.24, 2.45) is 5.92 Å². The second kappa shape index (κ2) is 3.79. The Kier molecular flexibility index (Phi) is 2.81. The Hall–Kier alpha value is -0.130. The Labute approximate surface area is 85.7 Å². The normalized spacial score (nSPS) is 34.4. The first-order valence-corrected chi connectivity index (χ1v) is 6.95. The predicted molar refractivity (Wildman–Crippen MR) is 55.5 cm³/mol. The summed E-state index contributed by atoms with van der Waals surface area (Å²) in [6, 6.07) is 0.407. The molecule has 0 aromatic heterocycles. The number of sulfonamides is 1. The van der Waals surface area contributed by atoms with E-state index in [0.717, 1.165) is 19.5 Å². The number of piperidine rings is 1. The zero-order valence-electron chi connectivity index (χ0n) is 8.57. The van der Waals surface area contributed by atoms with Gasteiger partial charge in [0, 0.05) is 19.1 Å². The number of fused-ring (bicyclic) bond motifs is 1. The van der Waals surface area contributed by atoms with E-state index in [1.54, 1.807) is 11.2 Å². The zero-order valence-corrected chi connectivity index (χ0v) is 9.39. The molecule has 1 N–H and O–H groups in total. The first kappa shape index (κ1) is 10.4. The average Bonchev–Trinajstić information content (AvgIpc) is 2.64. The van der Waals surface area contributed by atoms with Gasteiger partial charge in [-0.1, -0.05) is 0 Å². The maximum absolute atomic E-state index is 11.6. The van der Waals surface area contributed by atoms with E-state index in [0.29, 0.717) is 18.5 Å². The molecule has 2 heterocycles. The predicted octanol–water partition coefficient (Wildman–Crippen LogP) is 0.0199. The van der Waals surface area contributed by atoms with Crippen LogP contribution in [0.3, 0.4) is 0 Å². The average molecular weight is 218 g/mol. The van der Waals surface area contributed by atoms with Crippen molar-refractivity contribution in [1.82, 2.24) is 9.62 Å². The summed E-state index contributed by atoms with van der Waals surface area (Å²) >= 11 is 0. The third kappa shape index (κ3) is 1.81. The Morgan fingerprint density at radius 2 is 2.21 bits per heavy atom. The highest BCUT2D eigenvalue weighted by Crippen LogP contribution is 2.26. The summed E-state index contributed by atoms with van der Waals surface area (Å²) < 4.78 is 24.9. The van der Waals surface area contributed by atoms with E-state index in [-0.39, 0.29) is 5.75 Å². The molecular formula is C9H18N2O2S. The van der Waals surface area contributed by atoms with Crippen LogP contribution in [-0.2, 0) is 10.0 Å². The van der Waals surface area contributed by atoms with Crippen molar-refractivity contribution in [2.45, 2.75) is 25.8 Å². The number of hydrogen-bond acceptors (Lipinski definition) is 3. The summed E-state index contributed by atoms with van der Waals surface area (Å²) in [5, 5.41) is 3.38. The molecule has 2 unspecified atom stereocenters. The highest BCUT2D eigenvalue weighted by atomic mass is 32.2. The lowest BCUT2D eigenvalue weighted by molar-refractivity contribution is 0.249. The maximum atomic E-state index is 11.6. The molecule has 14 heavy (non-hydrogen) atoms. The molecule has 2 rings (SSSR count). The third-order valence-electron chi connectivity index (χ3n) is 3.40. The fraction of sp³-hybridized carbons (Fsp3) is 1.00. The van der Waals surface area contributed by atoms with Gasteiger partial charge in [0.1, 0.15) is 0 Å². The van der Waals surface area contributed by atoms with E-state index < -0.39 is 10.0 Å². The molecule has 2 atom stereocenters. The summed E-state index contributed by atoms with van der Waals surface area (Å²) in [5.74, 6) is 0.933. The molecule has 82 valence electrons. The standard InChI is InChI=1S/C9H18N2O2S/c1-2-14(12,13)11-6-4-8-3-5-10-9(8)7-11/h8-10H,2-7H2,1H3. The van der Waals surface area contributed by atoms with Crippen molar-refractivity contribution in [1.29, 1.82) is 0 Å². The van der Waals surface area contributed by atoms with Crippen LogP contribution in [0.5, 0.6) is 0 Å². The molecule has 0 aromatic carbocycles. The van der Waals surface area contributed by atoms with Gasteiger partial charge in [0.25, 0.3) is 0 Å². The summed E-state index contributed by atoms with van der Waals surface area (Å²) in [6.07, 6.45) is 2.24. The van der Waals surface area contributed by atoms with Crippen molar-refractivity contribution in [2.75, 3.05) is 25.4 Å². The lowest BCUT2D eigenvalue weighted by atomic mass is 9.94. The van der Waals surface area contributed by atoms with Crippen molar-refractivity contribution in [3.63, 3.8) is 0 Å². The first-order valence-electron chi connectivity index (χ1n) is 5.34. The van der Waals surface area contributed by atoms with Crippen molar-refractivity contribution >= 4 is 10.0 Å². The lowest BCUT2D eigenvalue weighted by Crippen LogP contribution is -2.49. The third-order valence-corrected chi connectivity index (χ3v) is 5.25. The lowest BCUT2D eigenvalue weighted by Gasteiger charge is -2.33. The van der Waals surface area contributed by atoms with Crippen LogP contribution in [0.4, 0.5) is 0 Å². The second-order valence-electron chi connectivity index (χ2n) is 4.16. The van der Waals surface area contributed by atoms with Crippen molar-refractivity contribution in [3.05, 3.63) is 0 Å². The topological polar surface area (TPSA) is 49.4 Å². The van der Waals surface area contributed by atoms with E-state index in [4.69, 9.17) is 0 Å². The molecule has 2 aliphatic heterocycles. The highest BCUT2D eigenvalue weighted by Gasteiger charge is 2.36. The van der Waals surface area contributed by atoms with Gasteiger partial charge < -0.3 is 5.32 Å². The molecule has 0 aromatic rings. The number of rotatable bonds is 2. The Morgan fingerprint density at radius 3 is 2.93 bits per heavy atom. The van der Waals surface area contributed by atoms with Crippen LogP contribution in [0.1, 0.15) is 19.8 Å². The molecule has 0 spiro atoms. The monoisotopic (exact) mass is 218 g/mol. The fourth-order valence-electron chi connectivity index (χ4n) is 2.44. The molecular weight excluding hydrogens is 200 g/mol. The van der Waals surface area contributed by atoms with Crippen LogP contribution >= 0.6 is 0 Å². The molecule has 2 aliphatic rings. The van der Waals surface area contributed by atoms with Gasteiger partial charge in [-0.2, -0.15) is 0 Å².